The van der Waals surface area contributed by atoms with Crippen LogP contribution in [0.15, 0.2) is 324 Å². The van der Waals surface area contributed by atoms with Crippen molar-refractivity contribution in [1.29, 1.82) is 0 Å². The van der Waals surface area contributed by atoms with Gasteiger partial charge in [-0.25, -0.2) is 0 Å². The van der Waals surface area contributed by atoms with Crippen molar-refractivity contribution in [3.63, 3.8) is 0 Å². The lowest BCUT2D eigenvalue weighted by atomic mass is 9.68. The van der Waals surface area contributed by atoms with E-state index < -0.39 is 5.41 Å². The summed E-state index contributed by atoms with van der Waals surface area (Å²) in [6.45, 7) is 0. The maximum absolute atomic E-state index is 7.14. The van der Waals surface area contributed by atoms with E-state index in [1.54, 1.807) is 0 Å². The van der Waals surface area contributed by atoms with Gasteiger partial charge in [0.05, 0.1) is 16.8 Å². The predicted molar refractivity (Wildman–Crippen MR) is 370 cm³/mol. The minimum Gasteiger partial charge on any atom is -0.453 e. The topological polar surface area (TPSA) is 32.8 Å². The third kappa shape index (κ3) is 7.11. The highest BCUT2D eigenvalue weighted by atomic mass is 16.3. The number of anilines is 6. The molecule has 15 aromatic carbocycles. The van der Waals surface area contributed by atoms with Crippen molar-refractivity contribution >= 4 is 110 Å². The fraction of sp³-hybridized carbons (Fsp3) is 0.0118. The van der Waals surface area contributed by atoms with E-state index in [2.05, 4.69) is 325 Å². The molecule has 2 aliphatic rings. The summed E-state index contributed by atoms with van der Waals surface area (Å²) in [6.07, 6.45) is 0. The number of para-hydroxylation sites is 6. The van der Waals surface area contributed by atoms with Crippen molar-refractivity contribution in [3.8, 4) is 44.5 Å². The molecular formula is C85H52N2O2. The SMILES string of the molecule is c1ccc(-c2cccc3c2oc2c(N(c4ccccc4)c4ccc5c6c(ccc5c4)-c4ccc5cc(N(c7ccccc7)c7cccc8c7oc7c(-c9ccccc9)cccc78)ccc5c4C64c5ccccc5-c5c4ccc4ccccc54)cccc23)cc1. The van der Waals surface area contributed by atoms with E-state index in [1.807, 2.05) is 0 Å². The molecule has 19 rings (SSSR count). The summed E-state index contributed by atoms with van der Waals surface area (Å²) in [4.78, 5) is 4.74. The molecule has 1 spiro atoms. The van der Waals surface area contributed by atoms with Crippen molar-refractivity contribution in [2.24, 2.45) is 0 Å². The number of fused-ring (bicyclic) bond motifs is 22. The van der Waals surface area contributed by atoms with Gasteiger partial charge in [0.25, 0.3) is 0 Å². The maximum atomic E-state index is 7.14. The van der Waals surface area contributed by atoms with E-state index >= 15 is 0 Å². The van der Waals surface area contributed by atoms with Gasteiger partial charge in [0.15, 0.2) is 11.2 Å². The largest absolute Gasteiger partial charge is 0.453 e. The van der Waals surface area contributed by atoms with Crippen LogP contribution in [0.25, 0.3) is 121 Å². The van der Waals surface area contributed by atoms with Crippen molar-refractivity contribution in [3.05, 3.63) is 338 Å². The van der Waals surface area contributed by atoms with Crippen molar-refractivity contribution in [2.45, 2.75) is 5.41 Å². The Hall–Kier alpha value is -11.7. The quantitative estimate of drug-likeness (QED) is 0.152. The first-order chi connectivity index (χ1) is 44.2. The molecule has 0 atom stereocenters. The molecule has 0 saturated carbocycles. The second-order valence-corrected chi connectivity index (χ2v) is 23.7. The molecule has 0 N–H and O–H groups in total. The molecule has 414 valence electrons. The zero-order valence-electron chi connectivity index (χ0n) is 48.2. The number of benzene rings is 15. The Bertz CT molecular complexity index is 5460. The summed E-state index contributed by atoms with van der Waals surface area (Å²) in [5.74, 6) is 0. The van der Waals surface area contributed by atoms with E-state index in [-0.39, 0.29) is 0 Å². The second-order valence-electron chi connectivity index (χ2n) is 23.7. The van der Waals surface area contributed by atoms with Crippen LogP contribution in [0.4, 0.5) is 34.1 Å². The summed E-state index contributed by atoms with van der Waals surface area (Å²) in [5, 5.41) is 11.6. The molecule has 0 bridgehead atoms. The van der Waals surface area contributed by atoms with Crippen LogP contribution in [0.5, 0.6) is 0 Å². The number of furan rings is 2. The average Bonchev–Trinajstić information content (AvgIpc) is 1.50. The first-order valence-electron chi connectivity index (χ1n) is 30.6. The molecular weight excluding hydrogens is 1080 g/mol. The highest BCUT2D eigenvalue weighted by Crippen LogP contribution is 2.66. The summed E-state index contributed by atoms with van der Waals surface area (Å²) in [6, 6.07) is 115. The van der Waals surface area contributed by atoms with Gasteiger partial charge >= 0.3 is 0 Å². The first kappa shape index (κ1) is 49.5. The van der Waals surface area contributed by atoms with Gasteiger partial charge in [-0.3, -0.25) is 0 Å². The Morgan fingerprint density at radius 2 is 0.652 bits per heavy atom. The van der Waals surface area contributed by atoms with Crippen LogP contribution in [0.3, 0.4) is 0 Å². The molecule has 0 saturated heterocycles. The monoisotopic (exact) mass is 1130 g/mol. The minimum atomic E-state index is -0.687. The van der Waals surface area contributed by atoms with Gasteiger partial charge in [-0.15, -0.1) is 0 Å². The molecule has 2 aromatic heterocycles. The van der Waals surface area contributed by atoms with Gasteiger partial charge in [-0.1, -0.05) is 255 Å². The lowest BCUT2D eigenvalue weighted by molar-refractivity contribution is 0.670. The third-order valence-electron chi connectivity index (χ3n) is 19.2. The van der Waals surface area contributed by atoms with Crippen LogP contribution in [0.1, 0.15) is 22.3 Å². The number of hydrogen-bond donors (Lipinski definition) is 0. The van der Waals surface area contributed by atoms with Gasteiger partial charge < -0.3 is 18.6 Å². The van der Waals surface area contributed by atoms with Crippen molar-refractivity contribution < 1.29 is 8.83 Å². The van der Waals surface area contributed by atoms with Gasteiger partial charge in [0, 0.05) is 55.4 Å². The molecule has 0 unspecified atom stereocenters. The van der Waals surface area contributed by atoms with Crippen LogP contribution < -0.4 is 9.80 Å². The Morgan fingerprint density at radius 3 is 1.18 bits per heavy atom. The van der Waals surface area contributed by atoms with E-state index in [1.165, 1.54) is 66.1 Å². The Kier molecular flexibility index (Phi) is 10.7. The number of nitrogens with zero attached hydrogens (tertiary/aromatic N) is 2. The zero-order chi connectivity index (χ0) is 58.3. The van der Waals surface area contributed by atoms with Gasteiger partial charge in [-0.2, -0.15) is 0 Å². The lowest BCUT2D eigenvalue weighted by Gasteiger charge is -2.33. The molecule has 17 aromatic rings. The Labute approximate surface area is 513 Å². The smallest absolute Gasteiger partial charge is 0.159 e. The number of hydrogen-bond acceptors (Lipinski definition) is 4. The molecule has 89 heavy (non-hydrogen) atoms. The Morgan fingerprint density at radius 1 is 0.236 bits per heavy atom. The zero-order valence-corrected chi connectivity index (χ0v) is 48.2. The third-order valence-corrected chi connectivity index (χ3v) is 19.2. The van der Waals surface area contributed by atoms with E-state index in [9.17, 15) is 0 Å². The van der Waals surface area contributed by atoms with Crippen LogP contribution in [-0.4, -0.2) is 0 Å². The van der Waals surface area contributed by atoms with E-state index in [0.29, 0.717) is 0 Å². The van der Waals surface area contributed by atoms with Crippen LogP contribution >= 0.6 is 0 Å². The summed E-state index contributed by atoms with van der Waals surface area (Å²) >= 11 is 0. The fourth-order valence-corrected chi connectivity index (χ4v) is 15.5. The van der Waals surface area contributed by atoms with Crippen LogP contribution in [0.2, 0.25) is 0 Å². The summed E-state index contributed by atoms with van der Waals surface area (Å²) in [7, 11) is 0. The number of rotatable bonds is 8. The Balaban J connectivity index is 0.830. The molecule has 0 fully saturated rings. The molecule has 0 radical (unpaired) electrons. The van der Waals surface area contributed by atoms with E-state index in [4.69, 9.17) is 8.83 Å². The molecule has 0 amide bonds. The van der Waals surface area contributed by atoms with Gasteiger partial charge in [-0.05, 0) is 149 Å². The van der Waals surface area contributed by atoms with Crippen LogP contribution in [-0.2, 0) is 5.41 Å². The molecule has 2 heterocycles. The minimum absolute atomic E-state index is 0.687. The maximum Gasteiger partial charge on any atom is 0.159 e. The van der Waals surface area contributed by atoms with Gasteiger partial charge in [0.2, 0.25) is 0 Å². The second kappa shape index (κ2) is 19.1. The molecule has 0 aliphatic heterocycles. The van der Waals surface area contributed by atoms with Gasteiger partial charge in [0.1, 0.15) is 11.2 Å². The molecule has 4 heteroatoms. The normalized spacial score (nSPS) is 12.8. The predicted octanol–water partition coefficient (Wildman–Crippen LogP) is 23.6. The van der Waals surface area contributed by atoms with Crippen molar-refractivity contribution in [2.75, 3.05) is 9.80 Å². The summed E-state index contributed by atoms with van der Waals surface area (Å²) < 4.78 is 14.3. The van der Waals surface area contributed by atoms with E-state index in [0.717, 1.165) is 111 Å². The van der Waals surface area contributed by atoms with Crippen LogP contribution in [0, 0.1) is 0 Å². The fourth-order valence-electron chi connectivity index (χ4n) is 15.5. The highest BCUT2D eigenvalue weighted by Gasteiger charge is 2.53. The highest BCUT2D eigenvalue weighted by molar-refractivity contribution is 6.17. The lowest BCUT2D eigenvalue weighted by Crippen LogP contribution is -2.26. The first-order valence-corrected chi connectivity index (χ1v) is 30.6. The molecule has 4 nitrogen and oxygen atoms in total. The standard InChI is InChI=1S/C85H52N2O2/c1-5-21-53(22-6-1)65-32-17-34-69-71-36-19-39-76(83(71)88-81(65)69)86(58-26-9-3-10-27-58)60-44-48-63-56(51-60)41-46-67-68-47-42-57-52-61(45-49-64(57)80(68)85(79(63)67)74-38-16-15-31-73(74)78-62-30-14-13-25-55(62)43-50-75(78)85)87(59-28-11-4-12-29-59)77-40-20-37-72-70-35-18-33-66(82(70)89-84(72)77)54-23-7-2-8-24-54/h1-52H. The molecule has 2 aliphatic carbocycles. The average molecular weight is 1130 g/mol. The van der Waals surface area contributed by atoms with Crippen molar-refractivity contribution in [1.82, 2.24) is 0 Å². The summed E-state index contributed by atoms with van der Waals surface area (Å²) in [5.41, 5.74) is 23.6.